The molecular weight excluding hydrogens is 298 g/mol. The van der Waals surface area contributed by atoms with E-state index in [0.29, 0.717) is 0 Å². The SMILES string of the molecule is CCCNC(C1CCOC2(CCSCC2)C1)C1CCCS1. The summed E-state index contributed by atoms with van der Waals surface area (Å²) in [5.41, 5.74) is 0.240. The number of hydrogen-bond acceptors (Lipinski definition) is 4. The van der Waals surface area contributed by atoms with Crippen LogP contribution in [0.25, 0.3) is 0 Å². The zero-order valence-electron chi connectivity index (χ0n) is 13.4. The van der Waals surface area contributed by atoms with Gasteiger partial charge in [0.15, 0.2) is 0 Å². The van der Waals surface area contributed by atoms with E-state index < -0.39 is 0 Å². The van der Waals surface area contributed by atoms with Gasteiger partial charge in [-0.1, -0.05) is 6.92 Å². The van der Waals surface area contributed by atoms with Crippen molar-refractivity contribution >= 4 is 23.5 Å². The summed E-state index contributed by atoms with van der Waals surface area (Å²) in [5, 5.41) is 4.78. The van der Waals surface area contributed by atoms with Crippen molar-refractivity contribution in [3.05, 3.63) is 0 Å². The fourth-order valence-electron chi connectivity index (χ4n) is 4.26. The van der Waals surface area contributed by atoms with Gasteiger partial charge in [0, 0.05) is 17.9 Å². The highest BCUT2D eigenvalue weighted by atomic mass is 32.2. The van der Waals surface area contributed by atoms with Gasteiger partial charge in [0.1, 0.15) is 0 Å². The summed E-state index contributed by atoms with van der Waals surface area (Å²) < 4.78 is 6.31. The fourth-order valence-corrected chi connectivity index (χ4v) is 6.99. The lowest BCUT2D eigenvalue weighted by Gasteiger charge is -2.46. The molecule has 3 fully saturated rings. The van der Waals surface area contributed by atoms with Crippen molar-refractivity contribution in [3.63, 3.8) is 0 Å². The van der Waals surface area contributed by atoms with E-state index in [2.05, 4.69) is 35.8 Å². The second-order valence-electron chi connectivity index (χ2n) is 6.93. The van der Waals surface area contributed by atoms with Crippen LogP contribution in [0, 0.1) is 5.92 Å². The van der Waals surface area contributed by atoms with Crippen molar-refractivity contribution in [2.45, 2.75) is 68.8 Å². The van der Waals surface area contributed by atoms with Crippen LogP contribution in [0.3, 0.4) is 0 Å². The maximum absolute atomic E-state index is 6.31. The van der Waals surface area contributed by atoms with Gasteiger partial charge in [0.25, 0.3) is 0 Å². The molecule has 0 radical (unpaired) electrons. The lowest BCUT2D eigenvalue weighted by Crippen LogP contribution is -2.51. The molecule has 3 rings (SSSR count). The Bertz CT molecular complexity index is 308. The van der Waals surface area contributed by atoms with Crippen LogP contribution in [0.1, 0.15) is 51.9 Å². The number of thioether (sulfide) groups is 2. The van der Waals surface area contributed by atoms with Crippen LogP contribution in [0.15, 0.2) is 0 Å². The summed E-state index contributed by atoms with van der Waals surface area (Å²) >= 11 is 4.33. The molecule has 0 aromatic heterocycles. The molecule has 1 spiro atoms. The van der Waals surface area contributed by atoms with Gasteiger partial charge in [-0.2, -0.15) is 23.5 Å². The highest BCUT2D eigenvalue weighted by Gasteiger charge is 2.43. The lowest BCUT2D eigenvalue weighted by molar-refractivity contribution is -0.107. The van der Waals surface area contributed by atoms with E-state index in [4.69, 9.17) is 4.74 Å². The molecule has 1 N–H and O–H groups in total. The van der Waals surface area contributed by atoms with Crippen LogP contribution in [0.4, 0.5) is 0 Å². The van der Waals surface area contributed by atoms with Gasteiger partial charge in [0.2, 0.25) is 0 Å². The molecule has 21 heavy (non-hydrogen) atoms. The maximum atomic E-state index is 6.31. The molecular formula is C17H31NOS2. The Morgan fingerprint density at radius 1 is 1.24 bits per heavy atom. The van der Waals surface area contributed by atoms with Crippen LogP contribution in [0.5, 0.6) is 0 Å². The van der Waals surface area contributed by atoms with E-state index in [9.17, 15) is 0 Å². The average molecular weight is 330 g/mol. The molecule has 3 saturated heterocycles. The minimum Gasteiger partial charge on any atom is -0.375 e. The van der Waals surface area contributed by atoms with Crippen LogP contribution in [-0.2, 0) is 4.74 Å². The summed E-state index contributed by atoms with van der Waals surface area (Å²) in [6.45, 7) is 4.47. The van der Waals surface area contributed by atoms with Gasteiger partial charge >= 0.3 is 0 Å². The van der Waals surface area contributed by atoms with Crippen molar-refractivity contribution in [1.29, 1.82) is 0 Å². The Morgan fingerprint density at radius 2 is 2.10 bits per heavy atom. The van der Waals surface area contributed by atoms with E-state index in [1.54, 1.807) is 0 Å². The molecule has 0 amide bonds. The molecule has 0 aromatic carbocycles. The molecule has 3 unspecified atom stereocenters. The van der Waals surface area contributed by atoms with E-state index in [1.165, 1.54) is 68.7 Å². The Morgan fingerprint density at radius 3 is 2.81 bits per heavy atom. The molecule has 3 heterocycles. The van der Waals surface area contributed by atoms with Crippen molar-refractivity contribution in [2.24, 2.45) is 5.92 Å². The van der Waals surface area contributed by atoms with Crippen molar-refractivity contribution in [3.8, 4) is 0 Å². The largest absolute Gasteiger partial charge is 0.375 e. The molecule has 4 heteroatoms. The zero-order valence-corrected chi connectivity index (χ0v) is 15.1. The Labute approximate surface area is 138 Å². The van der Waals surface area contributed by atoms with E-state index >= 15 is 0 Å². The minimum absolute atomic E-state index is 0.240. The quantitative estimate of drug-likeness (QED) is 0.824. The van der Waals surface area contributed by atoms with Crippen LogP contribution >= 0.6 is 23.5 Å². The third kappa shape index (κ3) is 4.13. The summed E-state index contributed by atoms with van der Waals surface area (Å²) in [6, 6.07) is 0.729. The fraction of sp³-hybridized carbons (Fsp3) is 1.00. The first-order valence-corrected chi connectivity index (χ1v) is 11.1. The normalized spacial score (nSPS) is 34.1. The summed E-state index contributed by atoms with van der Waals surface area (Å²) in [6.07, 6.45) is 9.24. The zero-order chi connectivity index (χ0) is 14.5. The Hall–Kier alpha value is 0.620. The maximum Gasteiger partial charge on any atom is 0.0701 e. The van der Waals surface area contributed by atoms with E-state index in [0.717, 1.165) is 23.8 Å². The van der Waals surface area contributed by atoms with Crippen LogP contribution in [-0.4, -0.2) is 47.3 Å². The second kappa shape index (κ2) is 7.94. The number of ether oxygens (including phenoxy) is 1. The van der Waals surface area contributed by atoms with E-state index in [1.807, 2.05) is 0 Å². The molecule has 3 aliphatic rings. The van der Waals surface area contributed by atoms with Gasteiger partial charge in [-0.25, -0.2) is 0 Å². The van der Waals surface area contributed by atoms with Gasteiger partial charge in [0.05, 0.1) is 5.60 Å². The van der Waals surface area contributed by atoms with Gasteiger partial charge < -0.3 is 10.1 Å². The van der Waals surface area contributed by atoms with Gasteiger partial charge in [-0.05, 0) is 74.7 Å². The highest BCUT2D eigenvalue weighted by Crippen LogP contribution is 2.43. The monoisotopic (exact) mass is 329 g/mol. The van der Waals surface area contributed by atoms with Crippen molar-refractivity contribution < 1.29 is 4.74 Å². The van der Waals surface area contributed by atoms with Gasteiger partial charge in [-0.3, -0.25) is 0 Å². The molecule has 0 aliphatic carbocycles. The second-order valence-corrected chi connectivity index (χ2v) is 9.50. The minimum atomic E-state index is 0.240. The average Bonchev–Trinajstić information content (AvgIpc) is 3.03. The predicted octanol–water partition coefficient (Wildman–Crippen LogP) is 3.94. The molecule has 3 aliphatic heterocycles. The Balaban J connectivity index is 1.65. The number of nitrogens with one attached hydrogen (secondary N) is 1. The summed E-state index contributed by atoms with van der Waals surface area (Å²) in [4.78, 5) is 0. The van der Waals surface area contributed by atoms with Crippen LogP contribution in [0.2, 0.25) is 0 Å². The summed E-state index contributed by atoms with van der Waals surface area (Å²) in [5.74, 6) is 4.82. The van der Waals surface area contributed by atoms with Crippen molar-refractivity contribution in [2.75, 3.05) is 30.4 Å². The first-order valence-electron chi connectivity index (χ1n) is 8.90. The molecule has 122 valence electrons. The topological polar surface area (TPSA) is 21.3 Å². The first kappa shape index (κ1) is 16.5. The van der Waals surface area contributed by atoms with Gasteiger partial charge in [-0.15, -0.1) is 0 Å². The smallest absolute Gasteiger partial charge is 0.0701 e. The Kier molecular flexibility index (Phi) is 6.23. The first-order chi connectivity index (χ1) is 10.3. The predicted molar refractivity (Wildman–Crippen MR) is 95.5 cm³/mol. The van der Waals surface area contributed by atoms with E-state index in [-0.39, 0.29) is 5.60 Å². The third-order valence-electron chi connectivity index (χ3n) is 5.44. The third-order valence-corrected chi connectivity index (χ3v) is 7.91. The number of hydrogen-bond donors (Lipinski definition) is 1. The molecule has 0 bridgehead atoms. The highest BCUT2D eigenvalue weighted by molar-refractivity contribution is 8.00. The molecule has 2 nitrogen and oxygen atoms in total. The standard InChI is InChI=1S/C17H31NOS2/c1-2-8-18-16(15-4-3-10-21-15)14-5-9-19-17(13-14)6-11-20-12-7-17/h14-16,18H,2-13H2,1H3. The lowest BCUT2D eigenvalue weighted by atomic mass is 9.77. The number of rotatable bonds is 5. The van der Waals surface area contributed by atoms with Crippen LogP contribution < -0.4 is 5.32 Å². The van der Waals surface area contributed by atoms with Crippen molar-refractivity contribution in [1.82, 2.24) is 5.32 Å². The molecule has 0 saturated carbocycles. The molecule has 3 atom stereocenters. The summed E-state index contributed by atoms with van der Waals surface area (Å²) in [7, 11) is 0. The molecule has 0 aromatic rings.